The molecule has 0 bridgehead atoms. The molecule has 3 aromatic rings. The summed E-state index contributed by atoms with van der Waals surface area (Å²) >= 11 is 0. The van der Waals surface area contributed by atoms with Crippen LogP contribution in [0.3, 0.4) is 0 Å². The van der Waals surface area contributed by atoms with Gasteiger partial charge >= 0.3 is 0 Å². The van der Waals surface area contributed by atoms with Crippen molar-refractivity contribution < 1.29 is 9.53 Å². The average molecular weight is 335 g/mol. The summed E-state index contributed by atoms with van der Waals surface area (Å²) < 4.78 is 5.68. The second-order valence-corrected chi connectivity index (χ2v) is 5.23. The van der Waals surface area contributed by atoms with Crippen LogP contribution in [0.15, 0.2) is 61.2 Å². The molecule has 0 aliphatic rings. The van der Waals surface area contributed by atoms with Crippen LogP contribution in [0.2, 0.25) is 0 Å². The first-order valence-electron chi connectivity index (χ1n) is 7.70. The minimum absolute atomic E-state index is 0.195. The van der Waals surface area contributed by atoms with Crippen LogP contribution in [0, 0.1) is 0 Å². The summed E-state index contributed by atoms with van der Waals surface area (Å²) in [6.45, 7) is 0.708. The number of pyridine rings is 1. The maximum absolute atomic E-state index is 12.3. The van der Waals surface area contributed by atoms with Crippen molar-refractivity contribution in [1.82, 2.24) is 20.3 Å². The van der Waals surface area contributed by atoms with E-state index in [1.165, 1.54) is 6.33 Å². The van der Waals surface area contributed by atoms with Crippen molar-refractivity contribution in [1.29, 1.82) is 0 Å². The molecule has 1 amide bonds. The van der Waals surface area contributed by atoms with E-state index in [0.29, 0.717) is 36.0 Å². The Morgan fingerprint density at radius 1 is 1.16 bits per heavy atom. The maximum Gasteiger partial charge on any atom is 0.251 e. The van der Waals surface area contributed by atoms with Crippen molar-refractivity contribution in [3.8, 4) is 11.6 Å². The Hall–Kier alpha value is -3.32. The largest absolute Gasteiger partial charge is 0.439 e. The van der Waals surface area contributed by atoms with Gasteiger partial charge in [-0.1, -0.05) is 12.1 Å². The second kappa shape index (κ2) is 7.98. The van der Waals surface area contributed by atoms with E-state index in [2.05, 4.69) is 20.3 Å². The molecule has 0 fully saturated rings. The summed E-state index contributed by atoms with van der Waals surface area (Å²) in [6, 6.07) is 12.3. The average Bonchev–Trinajstić information content (AvgIpc) is 2.67. The van der Waals surface area contributed by atoms with Crippen molar-refractivity contribution >= 4 is 5.91 Å². The Bertz CT molecular complexity index is 855. The van der Waals surface area contributed by atoms with E-state index in [1.807, 2.05) is 12.1 Å². The molecule has 0 aliphatic heterocycles. The van der Waals surface area contributed by atoms with E-state index in [0.717, 1.165) is 5.56 Å². The number of carbonyl (C=O) groups is 1. The zero-order valence-electron chi connectivity index (χ0n) is 13.4. The van der Waals surface area contributed by atoms with E-state index in [-0.39, 0.29) is 5.91 Å². The summed E-state index contributed by atoms with van der Waals surface area (Å²) in [4.78, 5) is 24.4. The Labute approximate surface area is 144 Å². The van der Waals surface area contributed by atoms with Crippen LogP contribution >= 0.6 is 0 Å². The van der Waals surface area contributed by atoms with Crippen LogP contribution in [0.1, 0.15) is 21.6 Å². The SMILES string of the molecule is NCc1cc(Oc2cccc(C(=O)NCc3cccnc3)c2)ncn1. The number of amides is 1. The summed E-state index contributed by atoms with van der Waals surface area (Å²) in [5.41, 5.74) is 7.65. The summed E-state index contributed by atoms with van der Waals surface area (Å²) in [7, 11) is 0. The molecule has 3 N–H and O–H groups in total. The minimum Gasteiger partial charge on any atom is -0.439 e. The molecule has 126 valence electrons. The number of nitrogens with one attached hydrogen (secondary N) is 1. The molecular weight excluding hydrogens is 318 g/mol. The highest BCUT2D eigenvalue weighted by Crippen LogP contribution is 2.20. The number of aromatic nitrogens is 3. The fraction of sp³-hybridized carbons (Fsp3) is 0.111. The Morgan fingerprint density at radius 2 is 2.08 bits per heavy atom. The normalized spacial score (nSPS) is 10.3. The summed E-state index contributed by atoms with van der Waals surface area (Å²) in [6.07, 6.45) is 4.79. The van der Waals surface area contributed by atoms with Crippen LogP contribution in [0.4, 0.5) is 0 Å². The molecule has 0 saturated carbocycles. The zero-order valence-corrected chi connectivity index (χ0v) is 13.4. The first kappa shape index (κ1) is 16.5. The molecule has 0 saturated heterocycles. The van der Waals surface area contributed by atoms with E-state index in [1.54, 1.807) is 42.7 Å². The van der Waals surface area contributed by atoms with Gasteiger partial charge in [0.25, 0.3) is 5.91 Å². The van der Waals surface area contributed by atoms with Gasteiger partial charge in [0.15, 0.2) is 0 Å². The molecule has 25 heavy (non-hydrogen) atoms. The first-order valence-corrected chi connectivity index (χ1v) is 7.70. The van der Waals surface area contributed by atoms with Crippen molar-refractivity contribution in [2.75, 3.05) is 0 Å². The van der Waals surface area contributed by atoms with Crippen LogP contribution in [0.5, 0.6) is 11.6 Å². The lowest BCUT2D eigenvalue weighted by atomic mass is 10.2. The fourth-order valence-corrected chi connectivity index (χ4v) is 2.15. The van der Waals surface area contributed by atoms with E-state index >= 15 is 0 Å². The molecule has 1 aromatic carbocycles. The molecule has 3 rings (SSSR count). The molecule has 0 radical (unpaired) electrons. The number of carbonyl (C=O) groups excluding carboxylic acids is 1. The lowest BCUT2D eigenvalue weighted by molar-refractivity contribution is 0.0950. The van der Waals surface area contributed by atoms with Gasteiger partial charge in [-0.15, -0.1) is 0 Å². The van der Waals surface area contributed by atoms with Gasteiger partial charge in [0.05, 0.1) is 5.69 Å². The molecule has 7 nitrogen and oxygen atoms in total. The topological polar surface area (TPSA) is 103 Å². The predicted molar refractivity (Wildman–Crippen MR) is 91.8 cm³/mol. The minimum atomic E-state index is -0.195. The van der Waals surface area contributed by atoms with Gasteiger partial charge in [-0.05, 0) is 29.8 Å². The van der Waals surface area contributed by atoms with Crippen molar-refractivity contribution in [3.63, 3.8) is 0 Å². The highest BCUT2D eigenvalue weighted by molar-refractivity contribution is 5.94. The first-order chi connectivity index (χ1) is 12.2. The Balaban J connectivity index is 1.67. The van der Waals surface area contributed by atoms with Gasteiger partial charge in [-0.25, -0.2) is 9.97 Å². The van der Waals surface area contributed by atoms with Gasteiger partial charge in [0, 0.05) is 37.1 Å². The molecule has 7 heteroatoms. The lowest BCUT2D eigenvalue weighted by Gasteiger charge is -2.08. The lowest BCUT2D eigenvalue weighted by Crippen LogP contribution is -2.22. The molecular formula is C18H17N5O2. The molecule has 0 unspecified atom stereocenters. The Kier molecular flexibility index (Phi) is 5.28. The van der Waals surface area contributed by atoms with Crippen molar-refractivity contribution in [3.05, 3.63) is 78.0 Å². The van der Waals surface area contributed by atoms with Gasteiger partial charge in [0.1, 0.15) is 12.1 Å². The number of hydrogen-bond acceptors (Lipinski definition) is 6. The van der Waals surface area contributed by atoms with Gasteiger partial charge in [-0.2, -0.15) is 0 Å². The quantitative estimate of drug-likeness (QED) is 0.714. The molecule has 0 spiro atoms. The molecule has 0 aliphatic carbocycles. The third-order valence-electron chi connectivity index (χ3n) is 3.40. The number of nitrogens with zero attached hydrogens (tertiary/aromatic N) is 3. The Morgan fingerprint density at radius 3 is 2.88 bits per heavy atom. The van der Waals surface area contributed by atoms with E-state index in [4.69, 9.17) is 10.5 Å². The summed E-state index contributed by atoms with van der Waals surface area (Å²) in [5.74, 6) is 0.693. The summed E-state index contributed by atoms with van der Waals surface area (Å²) in [5, 5.41) is 2.85. The van der Waals surface area contributed by atoms with E-state index < -0.39 is 0 Å². The smallest absolute Gasteiger partial charge is 0.251 e. The van der Waals surface area contributed by atoms with Crippen molar-refractivity contribution in [2.45, 2.75) is 13.1 Å². The second-order valence-electron chi connectivity index (χ2n) is 5.23. The van der Waals surface area contributed by atoms with Crippen LogP contribution < -0.4 is 15.8 Å². The molecule has 2 aromatic heterocycles. The van der Waals surface area contributed by atoms with Crippen molar-refractivity contribution in [2.24, 2.45) is 5.73 Å². The van der Waals surface area contributed by atoms with E-state index in [9.17, 15) is 4.79 Å². The number of ether oxygens (including phenoxy) is 1. The number of benzene rings is 1. The van der Waals surface area contributed by atoms with Crippen LogP contribution in [-0.2, 0) is 13.1 Å². The number of hydrogen-bond donors (Lipinski definition) is 2. The maximum atomic E-state index is 12.3. The highest BCUT2D eigenvalue weighted by Gasteiger charge is 2.08. The standard InChI is InChI=1S/C18H17N5O2/c19-9-15-8-17(23-12-22-15)25-16-5-1-4-14(7-16)18(24)21-11-13-3-2-6-20-10-13/h1-8,10,12H,9,11,19H2,(H,21,24). The predicted octanol–water partition coefficient (Wildman–Crippen LogP) is 2.05. The third kappa shape index (κ3) is 4.58. The van der Waals surface area contributed by atoms with Gasteiger partial charge < -0.3 is 15.8 Å². The van der Waals surface area contributed by atoms with Crippen LogP contribution in [0.25, 0.3) is 0 Å². The molecule has 2 heterocycles. The number of nitrogens with two attached hydrogens (primary N) is 1. The third-order valence-corrected chi connectivity index (χ3v) is 3.40. The monoisotopic (exact) mass is 335 g/mol. The number of rotatable bonds is 6. The fourth-order valence-electron chi connectivity index (χ4n) is 2.15. The highest BCUT2D eigenvalue weighted by atomic mass is 16.5. The van der Waals surface area contributed by atoms with Crippen LogP contribution in [-0.4, -0.2) is 20.9 Å². The van der Waals surface area contributed by atoms with Gasteiger partial charge in [0.2, 0.25) is 5.88 Å². The van der Waals surface area contributed by atoms with Gasteiger partial charge in [-0.3, -0.25) is 9.78 Å². The molecule has 0 atom stereocenters. The zero-order chi connectivity index (χ0) is 17.5.